The van der Waals surface area contributed by atoms with Crippen LogP contribution >= 0.6 is 0 Å². The Bertz CT molecular complexity index is 278. The molecule has 0 aromatic heterocycles. The summed E-state index contributed by atoms with van der Waals surface area (Å²) in [5, 5.41) is 0. The number of carbonyl (C=O) groups excluding carboxylic acids is 2. The van der Waals surface area contributed by atoms with Crippen molar-refractivity contribution in [2.75, 3.05) is 13.1 Å². The quantitative estimate of drug-likeness (QED) is 0.477. The van der Waals surface area contributed by atoms with Crippen molar-refractivity contribution in [3.05, 3.63) is 0 Å². The second-order valence-electron chi connectivity index (χ2n) is 4.31. The monoisotopic (exact) mass is 210 g/mol. The molecule has 0 saturated heterocycles. The van der Waals surface area contributed by atoms with Gasteiger partial charge in [-0.1, -0.05) is 20.8 Å². The van der Waals surface area contributed by atoms with Crippen molar-refractivity contribution in [3.63, 3.8) is 0 Å². The first-order valence-corrected chi connectivity index (χ1v) is 5.15. The van der Waals surface area contributed by atoms with Crippen LogP contribution in [0.5, 0.6) is 0 Å². The van der Waals surface area contributed by atoms with Gasteiger partial charge in [-0.05, 0) is 24.2 Å². The van der Waals surface area contributed by atoms with E-state index in [-0.39, 0.29) is 5.41 Å². The van der Waals surface area contributed by atoms with Crippen LogP contribution in [0.4, 0.5) is 0 Å². The molecule has 4 nitrogen and oxygen atoms in total. The van der Waals surface area contributed by atoms with Crippen molar-refractivity contribution in [1.29, 1.82) is 0 Å². The molecular weight excluding hydrogens is 192 g/mol. The number of rotatable bonds is 7. The fourth-order valence-corrected chi connectivity index (χ4v) is 1.64. The van der Waals surface area contributed by atoms with Gasteiger partial charge < -0.3 is 0 Å². The molecule has 15 heavy (non-hydrogen) atoms. The molecule has 0 spiro atoms. The van der Waals surface area contributed by atoms with Crippen LogP contribution in [-0.2, 0) is 9.59 Å². The molecule has 2 unspecified atom stereocenters. The van der Waals surface area contributed by atoms with Crippen LogP contribution in [0.2, 0.25) is 0 Å². The molecule has 0 heterocycles. The molecule has 0 aromatic carbocycles. The number of hydrogen-bond acceptors (Lipinski definition) is 4. The summed E-state index contributed by atoms with van der Waals surface area (Å²) in [6.07, 6.45) is 4.92. The molecular formula is C11H18N2O2. The Hall–Kier alpha value is -1.24. The highest BCUT2D eigenvalue weighted by molar-refractivity contribution is 5.33. The van der Waals surface area contributed by atoms with Crippen LogP contribution in [0.25, 0.3) is 0 Å². The molecule has 2 atom stereocenters. The van der Waals surface area contributed by atoms with Crippen LogP contribution < -0.4 is 0 Å². The summed E-state index contributed by atoms with van der Waals surface area (Å²) in [6.45, 7) is 7.15. The Kier molecular flexibility index (Phi) is 6.52. The van der Waals surface area contributed by atoms with Gasteiger partial charge in [0.25, 0.3) is 0 Å². The van der Waals surface area contributed by atoms with E-state index in [0.717, 1.165) is 12.8 Å². The second-order valence-corrected chi connectivity index (χ2v) is 4.31. The Morgan fingerprint density at radius 2 is 1.87 bits per heavy atom. The van der Waals surface area contributed by atoms with Crippen molar-refractivity contribution in [2.45, 2.75) is 33.6 Å². The molecule has 0 radical (unpaired) electrons. The molecule has 0 aliphatic heterocycles. The predicted molar refractivity (Wildman–Crippen MR) is 58.2 cm³/mol. The zero-order chi connectivity index (χ0) is 11.7. The first-order chi connectivity index (χ1) is 7.08. The summed E-state index contributed by atoms with van der Waals surface area (Å²) in [7, 11) is 0. The lowest BCUT2D eigenvalue weighted by Crippen LogP contribution is -2.23. The fraction of sp³-hybridized carbons (Fsp3) is 0.818. The summed E-state index contributed by atoms with van der Waals surface area (Å²) in [4.78, 5) is 27.2. The van der Waals surface area contributed by atoms with Crippen LogP contribution in [0.15, 0.2) is 9.98 Å². The minimum Gasteiger partial charge on any atom is -0.211 e. The maximum atomic E-state index is 10.1. The van der Waals surface area contributed by atoms with Gasteiger partial charge in [-0.2, -0.15) is 0 Å². The fourth-order valence-electron chi connectivity index (χ4n) is 1.64. The van der Waals surface area contributed by atoms with E-state index in [1.54, 1.807) is 6.08 Å². The third-order valence-corrected chi connectivity index (χ3v) is 2.69. The summed E-state index contributed by atoms with van der Waals surface area (Å²) in [5.41, 5.74) is -0.00473. The second kappa shape index (κ2) is 7.10. The van der Waals surface area contributed by atoms with Crippen molar-refractivity contribution < 1.29 is 9.59 Å². The average molecular weight is 210 g/mol. The van der Waals surface area contributed by atoms with Gasteiger partial charge in [0.05, 0.1) is 13.1 Å². The Balaban J connectivity index is 4.27. The lowest BCUT2D eigenvalue weighted by molar-refractivity contribution is 0.251. The number of nitrogens with zero attached hydrogens (tertiary/aromatic N) is 2. The summed E-state index contributed by atoms with van der Waals surface area (Å²) >= 11 is 0. The first kappa shape index (κ1) is 13.8. The minimum absolute atomic E-state index is 0.00473. The van der Waals surface area contributed by atoms with Gasteiger partial charge in [-0.15, -0.1) is 0 Å². The van der Waals surface area contributed by atoms with Gasteiger partial charge in [-0.25, -0.2) is 19.6 Å². The highest BCUT2D eigenvalue weighted by Gasteiger charge is 2.24. The topological polar surface area (TPSA) is 58.9 Å². The van der Waals surface area contributed by atoms with E-state index < -0.39 is 0 Å². The third kappa shape index (κ3) is 5.95. The Labute approximate surface area is 90.5 Å². The Morgan fingerprint density at radius 3 is 2.33 bits per heavy atom. The van der Waals surface area contributed by atoms with Gasteiger partial charge in [0.15, 0.2) is 0 Å². The lowest BCUT2D eigenvalue weighted by atomic mass is 9.79. The maximum absolute atomic E-state index is 10.1. The van der Waals surface area contributed by atoms with Crippen LogP contribution in [-0.4, -0.2) is 25.2 Å². The molecule has 84 valence electrons. The van der Waals surface area contributed by atoms with E-state index in [9.17, 15) is 9.59 Å². The number of aliphatic imine (C=N–C) groups is 2. The van der Waals surface area contributed by atoms with Gasteiger partial charge in [0, 0.05) is 0 Å². The van der Waals surface area contributed by atoms with E-state index >= 15 is 0 Å². The summed E-state index contributed by atoms with van der Waals surface area (Å²) < 4.78 is 0. The summed E-state index contributed by atoms with van der Waals surface area (Å²) in [5.74, 6) is 0.304. The van der Waals surface area contributed by atoms with E-state index in [1.165, 1.54) is 6.08 Å². The molecule has 0 fully saturated rings. The highest BCUT2D eigenvalue weighted by atomic mass is 16.1. The smallest absolute Gasteiger partial charge is 0.211 e. The van der Waals surface area contributed by atoms with Gasteiger partial charge in [0.1, 0.15) is 0 Å². The molecule has 0 N–H and O–H groups in total. The molecule has 0 saturated carbocycles. The van der Waals surface area contributed by atoms with Crippen molar-refractivity contribution in [3.8, 4) is 0 Å². The van der Waals surface area contributed by atoms with Gasteiger partial charge in [-0.3, -0.25) is 0 Å². The van der Waals surface area contributed by atoms with Gasteiger partial charge >= 0.3 is 0 Å². The average Bonchev–Trinajstić information content (AvgIpc) is 2.23. The zero-order valence-corrected chi connectivity index (χ0v) is 9.62. The molecule has 4 heteroatoms. The molecule has 0 amide bonds. The molecule has 0 rings (SSSR count). The highest BCUT2D eigenvalue weighted by Crippen LogP contribution is 2.30. The van der Waals surface area contributed by atoms with Crippen LogP contribution in [0.3, 0.4) is 0 Å². The van der Waals surface area contributed by atoms with Crippen molar-refractivity contribution >= 4 is 12.2 Å². The maximum Gasteiger partial charge on any atom is 0.234 e. The van der Waals surface area contributed by atoms with Gasteiger partial charge in [0.2, 0.25) is 12.2 Å². The number of isocyanates is 2. The first-order valence-electron chi connectivity index (χ1n) is 5.15. The minimum atomic E-state index is -0.00473. The zero-order valence-electron chi connectivity index (χ0n) is 9.62. The standard InChI is InChI=1S/C11H18N2O2/c1-4-11(3,7-13-9-15)5-10(2)6-12-8-14/h10H,4-7H2,1-3H3. The largest absolute Gasteiger partial charge is 0.234 e. The van der Waals surface area contributed by atoms with Crippen LogP contribution in [0.1, 0.15) is 33.6 Å². The van der Waals surface area contributed by atoms with E-state index in [4.69, 9.17) is 0 Å². The normalized spacial score (nSPS) is 15.7. The molecule has 0 aliphatic rings. The number of hydrogen-bond donors (Lipinski definition) is 0. The lowest BCUT2D eigenvalue weighted by Gasteiger charge is -2.28. The Morgan fingerprint density at radius 1 is 1.27 bits per heavy atom. The SMILES string of the molecule is CCC(C)(CN=C=O)CC(C)CN=C=O. The molecule has 0 bridgehead atoms. The predicted octanol–water partition coefficient (Wildman–Crippen LogP) is 2.10. The van der Waals surface area contributed by atoms with Crippen molar-refractivity contribution in [2.24, 2.45) is 21.3 Å². The van der Waals surface area contributed by atoms with Crippen molar-refractivity contribution in [1.82, 2.24) is 0 Å². The summed E-state index contributed by atoms with van der Waals surface area (Å²) in [6, 6.07) is 0. The van der Waals surface area contributed by atoms with E-state index in [2.05, 4.69) is 23.8 Å². The molecule has 0 aromatic rings. The molecule has 0 aliphatic carbocycles. The van der Waals surface area contributed by atoms with E-state index in [1.807, 2.05) is 6.92 Å². The third-order valence-electron chi connectivity index (χ3n) is 2.69. The van der Waals surface area contributed by atoms with E-state index in [0.29, 0.717) is 19.0 Å². The van der Waals surface area contributed by atoms with Crippen LogP contribution in [0, 0.1) is 11.3 Å².